The lowest BCUT2D eigenvalue weighted by atomic mass is 10.1. The molecule has 0 bridgehead atoms. The van der Waals surface area contributed by atoms with Gasteiger partial charge in [-0.15, -0.1) is 0 Å². The molecular weight excluding hydrogens is 394 g/mol. The Morgan fingerprint density at radius 3 is 2.39 bits per heavy atom. The Balaban J connectivity index is 1.43. The Morgan fingerprint density at radius 1 is 1.00 bits per heavy atom. The molecule has 0 radical (unpaired) electrons. The van der Waals surface area contributed by atoms with E-state index >= 15 is 0 Å². The van der Waals surface area contributed by atoms with E-state index in [4.69, 9.17) is 17.9 Å². The van der Waals surface area contributed by atoms with Crippen LogP contribution in [0, 0.1) is 0 Å². The molecule has 3 aromatic carbocycles. The Morgan fingerprint density at radius 2 is 1.68 bits per heavy atom. The molecule has 0 unspecified atom stereocenters. The number of hydrogen-bond acceptors (Lipinski definition) is 7. The summed E-state index contributed by atoms with van der Waals surface area (Å²) in [5.41, 5.74) is 7.84. The van der Waals surface area contributed by atoms with Gasteiger partial charge in [0.05, 0.1) is 8.43 Å². The van der Waals surface area contributed by atoms with Crippen molar-refractivity contribution in [1.29, 1.82) is 0 Å². The first-order valence-corrected chi connectivity index (χ1v) is 9.59. The predicted octanol–water partition coefficient (Wildman–Crippen LogP) is 3.07. The lowest BCUT2D eigenvalue weighted by Crippen LogP contribution is -2.34. The number of aromatic nitrogens is 4. The van der Waals surface area contributed by atoms with Gasteiger partial charge in [0, 0.05) is 0 Å². The number of benzene rings is 3. The summed E-state index contributed by atoms with van der Waals surface area (Å²) < 4.78 is 29.0. The van der Waals surface area contributed by atoms with Crippen LogP contribution in [0.5, 0.6) is 11.8 Å². The van der Waals surface area contributed by atoms with Gasteiger partial charge in [-0.25, -0.2) is 0 Å². The first kappa shape index (κ1) is 17.8. The zero-order valence-corrected chi connectivity index (χ0v) is 16.5. The fourth-order valence-electron chi connectivity index (χ4n) is 2.79. The molecule has 1 aromatic heterocycles. The number of nitrogens with two attached hydrogens (primary N) is 1. The van der Waals surface area contributed by atoms with E-state index in [1.54, 1.807) is 0 Å². The van der Waals surface area contributed by atoms with Crippen molar-refractivity contribution in [3.05, 3.63) is 96.0 Å². The van der Waals surface area contributed by atoms with Gasteiger partial charge in [0.15, 0.2) is 0 Å². The highest BCUT2D eigenvalue weighted by atomic mass is 16.5. The second-order valence-electron chi connectivity index (χ2n) is 6.67. The summed E-state index contributed by atoms with van der Waals surface area (Å²) in [5, 5.41) is 11.4. The Kier molecular flexibility index (Phi) is 5.53. The quantitative estimate of drug-likeness (QED) is 0.439. The van der Waals surface area contributed by atoms with E-state index in [0.717, 1.165) is 5.56 Å². The number of tetrazole rings is 1. The standard InChI is InChI=1S/C23H21N5O3/c24-21(22(29)30-16-18-7-3-1-4-8-18)15-17-11-13-20(14-12-17)31-23-25-26-27-28(23)19-9-5-2-6-10-19/h1-14,21H,15-16,24H2/t21-/m0/s1/i11D,12D. The molecule has 0 saturated carbocycles. The van der Waals surface area contributed by atoms with Crippen LogP contribution in [0.25, 0.3) is 5.69 Å². The van der Waals surface area contributed by atoms with Crippen molar-refractivity contribution in [3.63, 3.8) is 0 Å². The summed E-state index contributed by atoms with van der Waals surface area (Å²) in [6.45, 7) is 0.109. The minimum Gasteiger partial charge on any atom is -0.460 e. The molecule has 0 aliphatic heterocycles. The number of para-hydroxylation sites is 1. The molecule has 31 heavy (non-hydrogen) atoms. The van der Waals surface area contributed by atoms with Gasteiger partial charge >= 0.3 is 12.0 Å². The molecule has 4 rings (SSSR count). The van der Waals surface area contributed by atoms with Crippen LogP contribution < -0.4 is 10.5 Å². The van der Waals surface area contributed by atoms with Gasteiger partial charge in [-0.1, -0.05) is 65.7 Å². The average molecular weight is 417 g/mol. The van der Waals surface area contributed by atoms with Crippen molar-refractivity contribution in [3.8, 4) is 17.4 Å². The second-order valence-corrected chi connectivity index (χ2v) is 6.67. The topological polar surface area (TPSA) is 105 Å². The molecule has 156 valence electrons. The third kappa shape index (κ3) is 5.31. The summed E-state index contributed by atoms with van der Waals surface area (Å²) in [6.07, 6.45) is -0.00662. The van der Waals surface area contributed by atoms with Crippen molar-refractivity contribution in [2.75, 3.05) is 0 Å². The molecule has 0 fully saturated rings. The zero-order chi connectivity index (χ0) is 23.2. The van der Waals surface area contributed by atoms with Crippen LogP contribution in [0.4, 0.5) is 0 Å². The van der Waals surface area contributed by atoms with E-state index in [-0.39, 0.29) is 36.9 Å². The number of rotatable bonds is 8. The van der Waals surface area contributed by atoms with E-state index in [1.165, 1.54) is 16.8 Å². The SMILES string of the molecule is [2H]c1cc(Oc2nnnn2-c2ccccc2)cc([2H])c1C[C@H](N)C(=O)OCc1ccccc1. The molecular formula is C23H21N5O3. The highest BCUT2D eigenvalue weighted by Crippen LogP contribution is 2.21. The third-order valence-corrected chi connectivity index (χ3v) is 4.38. The molecule has 0 saturated heterocycles. The van der Waals surface area contributed by atoms with Crippen molar-refractivity contribution in [2.24, 2.45) is 5.73 Å². The Hall–Kier alpha value is -4.04. The van der Waals surface area contributed by atoms with Gasteiger partial charge in [0.1, 0.15) is 18.4 Å². The number of ether oxygens (including phenoxy) is 2. The maximum absolute atomic E-state index is 12.3. The van der Waals surface area contributed by atoms with Gasteiger partial charge in [0.25, 0.3) is 0 Å². The summed E-state index contributed by atoms with van der Waals surface area (Å²) in [6, 6.07) is 20.4. The zero-order valence-electron chi connectivity index (χ0n) is 18.5. The van der Waals surface area contributed by atoms with Crippen LogP contribution in [-0.4, -0.2) is 32.2 Å². The van der Waals surface area contributed by atoms with E-state index in [1.807, 2.05) is 60.7 Å². The summed E-state index contributed by atoms with van der Waals surface area (Å²) in [5.74, 6) is -0.374. The Bertz CT molecular complexity index is 1210. The molecule has 8 nitrogen and oxygen atoms in total. The second kappa shape index (κ2) is 9.64. The van der Waals surface area contributed by atoms with Crippen LogP contribution in [0.2, 0.25) is 0 Å². The van der Waals surface area contributed by atoms with Crippen molar-refractivity contribution >= 4 is 5.97 Å². The van der Waals surface area contributed by atoms with Crippen molar-refractivity contribution in [2.45, 2.75) is 19.1 Å². The van der Waals surface area contributed by atoms with E-state index in [0.29, 0.717) is 11.3 Å². The van der Waals surface area contributed by atoms with Crippen LogP contribution in [0.3, 0.4) is 0 Å². The monoisotopic (exact) mass is 417 g/mol. The van der Waals surface area contributed by atoms with Crippen molar-refractivity contribution < 1.29 is 17.0 Å². The molecule has 0 amide bonds. The largest absolute Gasteiger partial charge is 0.460 e. The van der Waals surface area contributed by atoms with E-state index in [9.17, 15) is 4.79 Å². The number of carbonyl (C=O) groups is 1. The lowest BCUT2D eigenvalue weighted by Gasteiger charge is -2.12. The summed E-state index contributed by atoms with van der Waals surface area (Å²) in [7, 11) is 0. The molecule has 1 atom stereocenters. The first-order valence-electron chi connectivity index (χ1n) is 10.6. The minimum atomic E-state index is -1.00. The predicted molar refractivity (Wildman–Crippen MR) is 114 cm³/mol. The fourth-order valence-corrected chi connectivity index (χ4v) is 2.79. The minimum absolute atomic E-state index is 0.00662. The van der Waals surface area contributed by atoms with Crippen LogP contribution >= 0.6 is 0 Å². The van der Waals surface area contributed by atoms with E-state index < -0.39 is 12.0 Å². The lowest BCUT2D eigenvalue weighted by molar-refractivity contribution is -0.146. The summed E-state index contributed by atoms with van der Waals surface area (Å²) >= 11 is 0. The smallest absolute Gasteiger partial charge is 0.345 e. The molecule has 8 heteroatoms. The molecule has 0 aliphatic carbocycles. The van der Waals surface area contributed by atoms with Gasteiger partial charge < -0.3 is 15.2 Å². The maximum Gasteiger partial charge on any atom is 0.345 e. The third-order valence-electron chi connectivity index (χ3n) is 4.38. The number of esters is 1. The number of hydrogen-bond donors (Lipinski definition) is 1. The maximum atomic E-state index is 12.3. The van der Waals surface area contributed by atoms with Gasteiger partial charge in [-0.05, 0) is 52.2 Å². The van der Waals surface area contributed by atoms with Gasteiger partial charge in [0.2, 0.25) is 0 Å². The molecule has 0 aliphatic rings. The highest BCUT2D eigenvalue weighted by Gasteiger charge is 2.16. The fraction of sp³-hybridized carbons (Fsp3) is 0.130. The molecule has 0 spiro atoms. The van der Waals surface area contributed by atoms with Crippen LogP contribution in [-0.2, 0) is 22.6 Å². The molecule has 4 aromatic rings. The number of nitrogens with zero attached hydrogens (tertiary/aromatic N) is 4. The number of carbonyl (C=O) groups excluding carboxylic acids is 1. The van der Waals surface area contributed by atoms with Gasteiger partial charge in [-0.2, -0.15) is 4.68 Å². The van der Waals surface area contributed by atoms with Crippen LogP contribution in [0.15, 0.2) is 84.9 Å². The van der Waals surface area contributed by atoms with Crippen LogP contribution in [0.1, 0.15) is 13.9 Å². The Labute approximate surface area is 182 Å². The molecule has 1 heterocycles. The summed E-state index contributed by atoms with van der Waals surface area (Å²) in [4.78, 5) is 12.3. The average Bonchev–Trinajstić information content (AvgIpc) is 3.29. The van der Waals surface area contributed by atoms with Gasteiger partial charge in [-0.3, -0.25) is 4.79 Å². The normalized spacial score (nSPS) is 12.5. The van der Waals surface area contributed by atoms with Crippen molar-refractivity contribution in [1.82, 2.24) is 20.2 Å². The highest BCUT2D eigenvalue weighted by molar-refractivity contribution is 5.75. The van der Waals surface area contributed by atoms with E-state index in [2.05, 4.69) is 15.5 Å². The first-order chi connectivity index (χ1) is 16.0. The molecule has 2 N–H and O–H groups in total.